The molecule has 1 aliphatic heterocycles. The number of urea groups is 1. The van der Waals surface area contributed by atoms with E-state index in [0.717, 1.165) is 21.4 Å². The molecule has 2 heterocycles. The van der Waals surface area contributed by atoms with Crippen LogP contribution < -0.4 is 16.4 Å². The first-order valence-electron chi connectivity index (χ1n) is 9.89. The predicted octanol–water partition coefficient (Wildman–Crippen LogP) is 1.97. The van der Waals surface area contributed by atoms with Gasteiger partial charge in [0.2, 0.25) is 11.8 Å². The topological polar surface area (TPSA) is 127 Å². The number of nitrogens with two attached hydrogens (primary N) is 1. The van der Waals surface area contributed by atoms with E-state index in [1.165, 1.54) is 6.08 Å². The monoisotopic (exact) mass is 431 g/mol. The highest BCUT2D eigenvalue weighted by molar-refractivity contribution is 6.16. The van der Waals surface area contributed by atoms with E-state index in [-0.39, 0.29) is 12.2 Å². The average Bonchev–Trinajstić information content (AvgIpc) is 3.20. The zero-order chi connectivity index (χ0) is 22.8. The molecule has 0 aliphatic carbocycles. The largest absolute Gasteiger partial charge is 0.368 e. The highest BCUT2D eigenvalue weighted by Gasteiger charge is 2.35. The van der Waals surface area contributed by atoms with Gasteiger partial charge in [0.25, 0.3) is 5.91 Å². The van der Waals surface area contributed by atoms with Crippen LogP contribution >= 0.6 is 0 Å². The van der Waals surface area contributed by atoms with Crippen LogP contribution in [0.3, 0.4) is 0 Å². The number of aromatic nitrogens is 1. The van der Waals surface area contributed by atoms with Gasteiger partial charge < -0.3 is 20.9 Å². The van der Waals surface area contributed by atoms with Gasteiger partial charge in [-0.3, -0.25) is 14.4 Å². The molecule has 162 valence electrons. The van der Waals surface area contributed by atoms with Crippen LogP contribution in [0.15, 0.2) is 60.4 Å². The first-order chi connectivity index (χ1) is 15.3. The van der Waals surface area contributed by atoms with Gasteiger partial charge in [0, 0.05) is 28.4 Å². The lowest BCUT2D eigenvalue weighted by Crippen LogP contribution is -2.38. The molecule has 3 aromatic rings. The molecule has 0 bridgehead atoms. The molecule has 0 spiro atoms. The third-order valence-corrected chi connectivity index (χ3v) is 5.01. The van der Waals surface area contributed by atoms with E-state index in [9.17, 15) is 19.2 Å². The van der Waals surface area contributed by atoms with Crippen LogP contribution in [0.4, 0.5) is 10.5 Å². The SMILES string of the molecule is Cc1cccc(NC(=O)CN2C(=O)NC(=Cc3cn(CC(N)=O)c4ccccc34)C2=O)c1. The molecule has 1 aromatic heterocycles. The Morgan fingerprint density at radius 1 is 1.09 bits per heavy atom. The molecule has 9 nitrogen and oxygen atoms in total. The van der Waals surface area contributed by atoms with Gasteiger partial charge in [0.15, 0.2) is 0 Å². The summed E-state index contributed by atoms with van der Waals surface area (Å²) in [6, 6.07) is 13.9. The third-order valence-electron chi connectivity index (χ3n) is 5.01. The van der Waals surface area contributed by atoms with Crippen LogP contribution in [-0.2, 0) is 20.9 Å². The van der Waals surface area contributed by atoms with Crippen molar-refractivity contribution in [3.63, 3.8) is 0 Å². The molecule has 5 amide bonds. The molecule has 1 saturated heterocycles. The minimum Gasteiger partial charge on any atom is -0.368 e. The quantitative estimate of drug-likeness (QED) is 0.407. The molecule has 32 heavy (non-hydrogen) atoms. The fourth-order valence-corrected chi connectivity index (χ4v) is 3.63. The van der Waals surface area contributed by atoms with E-state index in [0.29, 0.717) is 11.3 Å². The van der Waals surface area contributed by atoms with Crippen molar-refractivity contribution in [3.05, 3.63) is 71.6 Å². The molecule has 0 saturated carbocycles. The Balaban J connectivity index is 1.55. The van der Waals surface area contributed by atoms with Crippen LogP contribution in [0, 0.1) is 6.92 Å². The highest BCUT2D eigenvalue weighted by Crippen LogP contribution is 2.24. The van der Waals surface area contributed by atoms with Gasteiger partial charge in [-0.2, -0.15) is 0 Å². The van der Waals surface area contributed by atoms with E-state index in [4.69, 9.17) is 5.73 Å². The predicted molar refractivity (Wildman–Crippen MR) is 119 cm³/mol. The number of nitrogens with zero attached hydrogens (tertiary/aromatic N) is 2. The number of benzene rings is 2. The van der Waals surface area contributed by atoms with E-state index in [2.05, 4.69) is 10.6 Å². The Hall–Kier alpha value is -4.40. The molecule has 0 atom stereocenters. The molecule has 0 radical (unpaired) electrons. The number of hydrogen-bond donors (Lipinski definition) is 3. The number of aryl methyl sites for hydroxylation is 1. The molecule has 2 aromatic carbocycles. The van der Waals surface area contributed by atoms with Gasteiger partial charge in [0.1, 0.15) is 18.8 Å². The lowest BCUT2D eigenvalue weighted by atomic mass is 10.1. The zero-order valence-corrected chi connectivity index (χ0v) is 17.3. The number of imide groups is 1. The van der Waals surface area contributed by atoms with Crippen LogP contribution in [0.25, 0.3) is 17.0 Å². The zero-order valence-electron chi connectivity index (χ0n) is 17.3. The van der Waals surface area contributed by atoms with Crippen molar-refractivity contribution in [2.24, 2.45) is 5.73 Å². The number of nitrogens with one attached hydrogen (secondary N) is 2. The maximum atomic E-state index is 12.8. The number of hydrogen-bond acceptors (Lipinski definition) is 4. The van der Waals surface area contributed by atoms with E-state index in [1.807, 2.05) is 37.3 Å². The summed E-state index contributed by atoms with van der Waals surface area (Å²) in [7, 11) is 0. The van der Waals surface area contributed by atoms with Gasteiger partial charge in [-0.25, -0.2) is 9.69 Å². The Kier molecular flexibility index (Phi) is 5.46. The lowest BCUT2D eigenvalue weighted by Gasteiger charge is -2.12. The van der Waals surface area contributed by atoms with Crippen molar-refractivity contribution in [1.29, 1.82) is 0 Å². The highest BCUT2D eigenvalue weighted by atomic mass is 16.2. The van der Waals surface area contributed by atoms with Crippen LogP contribution in [0.5, 0.6) is 0 Å². The molecule has 4 N–H and O–H groups in total. The first-order valence-corrected chi connectivity index (χ1v) is 9.89. The Morgan fingerprint density at radius 3 is 2.62 bits per heavy atom. The molecular weight excluding hydrogens is 410 g/mol. The van der Waals surface area contributed by atoms with Crippen LogP contribution in [-0.4, -0.2) is 39.8 Å². The minimum atomic E-state index is -0.679. The number of carbonyl (C=O) groups excluding carboxylic acids is 4. The number of primary amides is 1. The summed E-state index contributed by atoms with van der Waals surface area (Å²) < 4.78 is 1.68. The summed E-state index contributed by atoms with van der Waals surface area (Å²) in [6.07, 6.45) is 3.22. The van der Waals surface area contributed by atoms with E-state index >= 15 is 0 Å². The van der Waals surface area contributed by atoms with Gasteiger partial charge in [0.05, 0.1) is 0 Å². The summed E-state index contributed by atoms with van der Waals surface area (Å²) in [5.41, 5.74) is 8.33. The smallest absolute Gasteiger partial charge is 0.329 e. The summed E-state index contributed by atoms with van der Waals surface area (Å²) in [6.45, 7) is 1.46. The second-order valence-electron chi connectivity index (χ2n) is 7.49. The molecule has 1 fully saturated rings. The van der Waals surface area contributed by atoms with E-state index < -0.39 is 30.3 Å². The van der Waals surface area contributed by atoms with E-state index in [1.54, 1.807) is 29.0 Å². The third kappa shape index (κ3) is 4.22. The van der Waals surface area contributed by atoms with Crippen molar-refractivity contribution in [2.45, 2.75) is 13.5 Å². The molecular formula is C23H21N5O4. The van der Waals surface area contributed by atoms with Gasteiger partial charge >= 0.3 is 6.03 Å². The minimum absolute atomic E-state index is 0.0186. The standard InChI is InChI=1S/C23H21N5O4/c1-14-5-4-6-16(9-14)25-21(30)13-28-22(31)18(26-23(28)32)10-15-11-27(12-20(24)29)19-8-3-2-7-17(15)19/h2-11H,12-13H2,1H3,(H2,24,29)(H,25,30)(H,26,32). The second kappa shape index (κ2) is 8.38. The average molecular weight is 431 g/mol. The van der Waals surface area contributed by atoms with Crippen molar-refractivity contribution >= 4 is 46.4 Å². The summed E-state index contributed by atoms with van der Waals surface area (Å²) in [4.78, 5) is 49.7. The van der Waals surface area contributed by atoms with Crippen molar-refractivity contribution in [2.75, 3.05) is 11.9 Å². The maximum absolute atomic E-state index is 12.8. The fraction of sp³-hybridized carbons (Fsp3) is 0.130. The molecule has 1 aliphatic rings. The number of fused-ring (bicyclic) bond motifs is 1. The normalized spacial score (nSPS) is 14.8. The van der Waals surface area contributed by atoms with Gasteiger partial charge in [-0.15, -0.1) is 0 Å². The number of amides is 5. The Bertz CT molecular complexity index is 1290. The Labute approximate surface area is 183 Å². The molecule has 9 heteroatoms. The van der Waals surface area contributed by atoms with Crippen LogP contribution in [0.2, 0.25) is 0 Å². The second-order valence-corrected chi connectivity index (χ2v) is 7.49. The summed E-state index contributed by atoms with van der Waals surface area (Å²) >= 11 is 0. The molecule has 4 rings (SSSR count). The van der Waals surface area contributed by atoms with Crippen LogP contribution in [0.1, 0.15) is 11.1 Å². The maximum Gasteiger partial charge on any atom is 0.329 e. The van der Waals surface area contributed by atoms with Gasteiger partial charge in [-0.1, -0.05) is 30.3 Å². The summed E-state index contributed by atoms with van der Waals surface area (Å²) in [5.74, 6) is -1.60. The van der Waals surface area contributed by atoms with Crippen molar-refractivity contribution in [3.8, 4) is 0 Å². The fourth-order valence-electron chi connectivity index (χ4n) is 3.63. The Morgan fingerprint density at radius 2 is 1.88 bits per heavy atom. The number of carbonyl (C=O) groups is 4. The first kappa shape index (κ1) is 20.9. The summed E-state index contributed by atoms with van der Waals surface area (Å²) in [5, 5.41) is 5.99. The molecule has 0 unspecified atom stereocenters. The van der Waals surface area contributed by atoms with Crippen molar-refractivity contribution < 1.29 is 19.2 Å². The number of rotatable bonds is 6. The number of anilines is 1. The lowest BCUT2D eigenvalue weighted by molar-refractivity contribution is -0.127. The number of para-hydroxylation sites is 1. The van der Waals surface area contributed by atoms with Crippen molar-refractivity contribution in [1.82, 2.24) is 14.8 Å². The van der Waals surface area contributed by atoms with Gasteiger partial charge in [-0.05, 0) is 36.8 Å².